The molecule has 2 aromatic rings. The number of aromatic nitrogens is 2. The Morgan fingerprint density at radius 3 is 2.24 bits per heavy atom. The van der Waals surface area contributed by atoms with E-state index in [1.54, 1.807) is 0 Å². The lowest BCUT2D eigenvalue weighted by Gasteiger charge is -2.55. The molecule has 2 unspecified atom stereocenters. The normalized spacial score (nSPS) is 32.4. The summed E-state index contributed by atoms with van der Waals surface area (Å²) in [5.41, 5.74) is 1.30. The van der Waals surface area contributed by atoms with E-state index in [2.05, 4.69) is 15.0 Å². The molecule has 3 heterocycles. The van der Waals surface area contributed by atoms with Crippen LogP contribution in [-0.4, -0.2) is 54.6 Å². The van der Waals surface area contributed by atoms with Crippen LogP contribution in [0.4, 0.5) is 0 Å². The van der Waals surface area contributed by atoms with Gasteiger partial charge in [-0.1, -0.05) is 43.0 Å². The first-order valence-corrected chi connectivity index (χ1v) is 14.2. The predicted octanol–water partition coefficient (Wildman–Crippen LogP) is 4.97. The molecule has 0 radical (unpaired) electrons. The van der Waals surface area contributed by atoms with Gasteiger partial charge in [0, 0.05) is 30.6 Å². The molecule has 1 aromatic heterocycles. The highest BCUT2D eigenvalue weighted by Crippen LogP contribution is 2.47. The number of hydrogen-bond acceptors (Lipinski definition) is 6. The maximum absolute atomic E-state index is 13.9. The third kappa shape index (κ3) is 4.69. The fourth-order valence-corrected chi connectivity index (χ4v) is 8.28. The lowest BCUT2D eigenvalue weighted by atomic mass is 9.68. The number of fused-ring (bicyclic) bond motifs is 5. The Morgan fingerprint density at radius 1 is 0.892 bits per heavy atom. The van der Waals surface area contributed by atoms with Crippen LogP contribution < -0.4 is 5.56 Å². The van der Waals surface area contributed by atoms with Gasteiger partial charge in [0.25, 0.3) is 5.56 Å². The molecule has 8 nitrogen and oxygen atoms in total. The molecule has 1 aromatic carbocycles. The van der Waals surface area contributed by atoms with Crippen LogP contribution >= 0.6 is 0 Å². The van der Waals surface area contributed by atoms with E-state index >= 15 is 0 Å². The Hall–Kier alpha value is -2.74. The molecule has 198 valence electrons. The fourth-order valence-electron chi connectivity index (χ4n) is 8.28. The Bertz CT molecular complexity index is 1230. The number of nitrogens with zero attached hydrogens (tertiary/aromatic N) is 4. The van der Waals surface area contributed by atoms with Crippen molar-refractivity contribution >= 4 is 22.7 Å². The number of benzene rings is 1. The van der Waals surface area contributed by atoms with Gasteiger partial charge in [0.15, 0.2) is 5.69 Å². The number of hydrogen-bond donors (Lipinski definition) is 2. The topological polar surface area (TPSA) is 108 Å². The molecule has 2 aliphatic heterocycles. The van der Waals surface area contributed by atoms with Gasteiger partial charge >= 0.3 is 5.97 Å². The van der Waals surface area contributed by atoms with Crippen molar-refractivity contribution in [1.29, 1.82) is 0 Å². The van der Waals surface area contributed by atoms with E-state index in [1.165, 1.54) is 57.8 Å². The van der Waals surface area contributed by atoms with Crippen molar-refractivity contribution in [1.82, 2.24) is 14.5 Å². The van der Waals surface area contributed by atoms with Crippen molar-refractivity contribution in [2.45, 2.75) is 108 Å². The molecule has 6 rings (SSSR count). The van der Waals surface area contributed by atoms with Gasteiger partial charge in [-0.3, -0.25) is 14.5 Å². The minimum Gasteiger partial charge on any atom is -0.481 e. The predicted molar refractivity (Wildman–Crippen MR) is 141 cm³/mol. The van der Waals surface area contributed by atoms with Crippen LogP contribution in [0.5, 0.6) is 0 Å². The average molecular weight is 507 g/mol. The first kappa shape index (κ1) is 24.6. The Kier molecular flexibility index (Phi) is 6.78. The monoisotopic (exact) mass is 506 g/mol. The maximum atomic E-state index is 13.9. The Morgan fingerprint density at radius 2 is 1.57 bits per heavy atom. The molecular formula is C29H38N4O4. The summed E-state index contributed by atoms with van der Waals surface area (Å²) in [6, 6.07) is 9.35. The maximum Gasteiger partial charge on any atom is 0.303 e. The highest BCUT2D eigenvalue weighted by Gasteiger charge is 2.45. The zero-order valence-corrected chi connectivity index (χ0v) is 21.5. The van der Waals surface area contributed by atoms with Crippen molar-refractivity contribution in [2.75, 3.05) is 0 Å². The number of carbonyl (C=O) groups is 1. The third-order valence-electron chi connectivity index (χ3n) is 9.66. The first-order valence-electron chi connectivity index (χ1n) is 14.2. The van der Waals surface area contributed by atoms with Crippen LogP contribution in [0.2, 0.25) is 0 Å². The van der Waals surface area contributed by atoms with Gasteiger partial charge in [-0.25, -0.2) is 4.98 Å². The number of rotatable bonds is 6. The van der Waals surface area contributed by atoms with Gasteiger partial charge in [-0.2, -0.15) is 0 Å². The summed E-state index contributed by atoms with van der Waals surface area (Å²) in [6.45, 7) is 0. The third-order valence-corrected chi connectivity index (χ3v) is 9.66. The highest BCUT2D eigenvalue weighted by molar-refractivity contribution is 6.00. The summed E-state index contributed by atoms with van der Waals surface area (Å²) in [5, 5.41) is 22.1. The highest BCUT2D eigenvalue weighted by atomic mass is 16.4. The molecule has 2 saturated heterocycles. The zero-order chi connectivity index (χ0) is 25.5. The summed E-state index contributed by atoms with van der Waals surface area (Å²) in [6.07, 6.45) is 13.6. The van der Waals surface area contributed by atoms with Gasteiger partial charge < -0.3 is 14.9 Å². The van der Waals surface area contributed by atoms with Gasteiger partial charge in [0.2, 0.25) is 0 Å². The van der Waals surface area contributed by atoms with E-state index in [1.807, 2.05) is 28.8 Å². The van der Waals surface area contributed by atoms with E-state index in [9.17, 15) is 14.8 Å². The van der Waals surface area contributed by atoms with Crippen molar-refractivity contribution < 1.29 is 15.1 Å². The summed E-state index contributed by atoms with van der Waals surface area (Å²) in [4.78, 5) is 32.5. The lowest BCUT2D eigenvalue weighted by Crippen LogP contribution is -2.58. The quantitative estimate of drug-likeness (QED) is 0.325. The molecule has 4 bridgehead atoms. The van der Waals surface area contributed by atoms with Crippen molar-refractivity contribution in [3.63, 3.8) is 0 Å². The molecule has 4 aliphatic rings. The summed E-state index contributed by atoms with van der Waals surface area (Å²) in [5.74, 6) is 0.786. The second-order valence-corrected chi connectivity index (χ2v) is 11.9. The summed E-state index contributed by atoms with van der Waals surface area (Å²) in [7, 11) is 0. The van der Waals surface area contributed by atoms with Crippen molar-refractivity contribution in [3.8, 4) is 0 Å². The van der Waals surface area contributed by atoms with E-state index in [4.69, 9.17) is 5.11 Å². The van der Waals surface area contributed by atoms with E-state index in [-0.39, 0.29) is 35.8 Å². The average Bonchev–Trinajstić information content (AvgIpc) is 2.88. The van der Waals surface area contributed by atoms with Crippen LogP contribution in [0.3, 0.4) is 0 Å². The van der Waals surface area contributed by atoms with Gasteiger partial charge in [-0.15, -0.1) is 0 Å². The molecule has 0 spiro atoms. The Labute approximate surface area is 217 Å². The minimum absolute atomic E-state index is 0.0401. The first-order chi connectivity index (χ1) is 18.0. The van der Waals surface area contributed by atoms with Crippen molar-refractivity contribution in [2.24, 2.45) is 17.0 Å². The van der Waals surface area contributed by atoms with E-state index in [0.717, 1.165) is 30.2 Å². The van der Waals surface area contributed by atoms with Crippen LogP contribution in [0.1, 0.15) is 95.2 Å². The van der Waals surface area contributed by atoms with E-state index in [0.29, 0.717) is 23.6 Å². The minimum atomic E-state index is -1.01. The lowest BCUT2D eigenvalue weighted by molar-refractivity contribution is -0.136. The number of para-hydroxylation sites is 2. The molecular weight excluding hydrogens is 468 g/mol. The second-order valence-electron chi connectivity index (χ2n) is 11.9. The second kappa shape index (κ2) is 10.2. The van der Waals surface area contributed by atoms with Gasteiger partial charge in [0.1, 0.15) is 5.71 Å². The molecule has 0 amide bonds. The van der Waals surface area contributed by atoms with Crippen molar-refractivity contribution in [3.05, 3.63) is 40.3 Å². The molecule has 37 heavy (non-hydrogen) atoms. The fraction of sp³-hybridized carbons (Fsp3) is 0.655. The summed E-state index contributed by atoms with van der Waals surface area (Å²) < 4.78 is 1.89. The number of aliphatic carboxylic acids is 1. The van der Waals surface area contributed by atoms with Crippen LogP contribution in [0, 0.1) is 11.8 Å². The molecule has 6 atom stereocenters. The molecule has 2 saturated carbocycles. The Balaban J connectivity index is 1.34. The smallest absolute Gasteiger partial charge is 0.303 e. The largest absolute Gasteiger partial charge is 0.481 e. The van der Waals surface area contributed by atoms with Crippen LogP contribution in [0.25, 0.3) is 11.0 Å². The number of carboxylic acids is 1. The molecule has 8 heteroatoms. The SMILES string of the molecule is O=C(O)CC/C(=N\O)c1nc2ccccc2n(C2C[C@H]3CCC[C@@H](C2)N3C2C[C@H]3CCC[C@@H](C2)C3)c1=O. The standard InChI is InChI=1S/C29H38N4O4/c34-27(35)12-11-25(31-37)28-29(36)33(26-10-2-1-9-24(26)30-28)23-16-20-7-4-8-21(17-23)32(20)22-14-18-5-3-6-19(13-18)15-22/h1-2,9-10,18-23,37H,3-8,11-17H2,(H,34,35)/b31-25+/t18-,19+,20-,21+,22?,23?. The van der Waals surface area contributed by atoms with Gasteiger partial charge in [0.05, 0.1) is 17.5 Å². The van der Waals surface area contributed by atoms with E-state index < -0.39 is 5.97 Å². The zero-order valence-electron chi connectivity index (χ0n) is 21.5. The molecule has 2 N–H and O–H groups in total. The molecule has 4 fully saturated rings. The van der Waals surface area contributed by atoms with Crippen LogP contribution in [0.15, 0.2) is 34.2 Å². The number of piperidine rings is 2. The van der Waals surface area contributed by atoms with Crippen LogP contribution in [-0.2, 0) is 4.79 Å². The number of oxime groups is 1. The molecule has 2 aliphatic carbocycles. The van der Waals surface area contributed by atoms with Gasteiger partial charge in [-0.05, 0) is 68.9 Å². The summed E-state index contributed by atoms with van der Waals surface area (Å²) >= 11 is 0. The number of carboxylic acid groups (broad SMARTS) is 1.